The Morgan fingerprint density at radius 1 is 1.38 bits per heavy atom. The molecule has 4 nitrogen and oxygen atoms in total. The molecular formula is C11H22N2O2S. The van der Waals surface area contributed by atoms with Crippen LogP contribution in [0.15, 0.2) is 11.6 Å². The van der Waals surface area contributed by atoms with E-state index in [2.05, 4.69) is 11.5 Å². The number of hydrogen-bond acceptors (Lipinski definition) is 4. The number of hydrogen-bond donors (Lipinski definition) is 2. The fourth-order valence-corrected chi connectivity index (χ4v) is 2.86. The Bertz CT molecular complexity index is 349. The maximum atomic E-state index is 11.5. The lowest BCUT2D eigenvalue weighted by atomic mass is 10.0. The molecule has 0 aromatic rings. The number of rotatable bonds is 4. The summed E-state index contributed by atoms with van der Waals surface area (Å²) in [6, 6.07) is -0.243. The van der Waals surface area contributed by atoms with Gasteiger partial charge < -0.3 is 0 Å². The Labute approximate surface area is 98.2 Å². The molecule has 0 amide bonds. The first-order valence-corrected chi connectivity index (χ1v) is 7.76. The summed E-state index contributed by atoms with van der Waals surface area (Å²) < 4.78 is 23.1. The number of hydrazine groups is 1. The molecule has 0 saturated heterocycles. The van der Waals surface area contributed by atoms with Crippen LogP contribution < -0.4 is 11.3 Å². The normalized spacial score (nSPS) is 22.1. The number of allylic oxidation sites excluding steroid dienone is 1. The van der Waals surface area contributed by atoms with Gasteiger partial charge in [0.25, 0.3) is 0 Å². The van der Waals surface area contributed by atoms with Gasteiger partial charge in [-0.2, -0.15) is 0 Å². The number of nitrogens with one attached hydrogen (secondary N) is 1. The summed E-state index contributed by atoms with van der Waals surface area (Å²) in [5.74, 6) is 5.50. The van der Waals surface area contributed by atoms with Crippen LogP contribution in [0, 0.1) is 0 Å². The van der Waals surface area contributed by atoms with E-state index >= 15 is 0 Å². The Morgan fingerprint density at radius 2 is 2.06 bits per heavy atom. The number of nitrogens with two attached hydrogens (primary N) is 1. The summed E-state index contributed by atoms with van der Waals surface area (Å²) in [5, 5.41) is -0.471. The van der Waals surface area contributed by atoms with Crippen molar-refractivity contribution in [1.82, 2.24) is 5.43 Å². The van der Waals surface area contributed by atoms with E-state index in [1.807, 2.05) is 0 Å². The molecule has 0 aromatic carbocycles. The lowest BCUT2D eigenvalue weighted by Crippen LogP contribution is -2.47. The van der Waals surface area contributed by atoms with Crippen LogP contribution >= 0.6 is 0 Å². The van der Waals surface area contributed by atoms with E-state index in [1.54, 1.807) is 6.92 Å². The van der Waals surface area contributed by atoms with Gasteiger partial charge in [-0.05, 0) is 32.6 Å². The highest BCUT2D eigenvalue weighted by atomic mass is 32.2. The molecule has 0 heterocycles. The molecule has 2 unspecified atom stereocenters. The zero-order valence-corrected chi connectivity index (χ0v) is 10.9. The van der Waals surface area contributed by atoms with Gasteiger partial charge in [-0.3, -0.25) is 11.3 Å². The zero-order valence-electron chi connectivity index (χ0n) is 10.1. The van der Waals surface area contributed by atoms with Gasteiger partial charge in [-0.1, -0.05) is 18.1 Å². The molecule has 16 heavy (non-hydrogen) atoms. The van der Waals surface area contributed by atoms with Crippen LogP contribution in [0.3, 0.4) is 0 Å². The van der Waals surface area contributed by atoms with Crippen molar-refractivity contribution < 1.29 is 8.42 Å². The fourth-order valence-electron chi connectivity index (χ4n) is 2.11. The highest BCUT2D eigenvalue weighted by molar-refractivity contribution is 7.91. The van der Waals surface area contributed by atoms with Crippen molar-refractivity contribution in [1.29, 1.82) is 0 Å². The lowest BCUT2D eigenvalue weighted by molar-refractivity contribution is 0.525. The monoisotopic (exact) mass is 246 g/mol. The SMILES string of the molecule is CC(C(NN)C1=CCCCCC1)S(C)(=O)=O. The highest BCUT2D eigenvalue weighted by Crippen LogP contribution is 2.23. The quantitative estimate of drug-likeness (QED) is 0.443. The van der Waals surface area contributed by atoms with Gasteiger partial charge in [-0.15, -0.1) is 0 Å². The molecule has 1 aliphatic carbocycles. The predicted octanol–water partition coefficient (Wildman–Crippen LogP) is 1.14. The highest BCUT2D eigenvalue weighted by Gasteiger charge is 2.27. The fraction of sp³-hybridized carbons (Fsp3) is 0.818. The predicted molar refractivity (Wildman–Crippen MR) is 66.6 cm³/mol. The first kappa shape index (κ1) is 13.7. The Kier molecular flexibility index (Phi) is 4.95. The minimum absolute atomic E-state index is 0.243. The molecule has 1 rings (SSSR count). The van der Waals surface area contributed by atoms with Gasteiger partial charge >= 0.3 is 0 Å². The largest absolute Gasteiger partial charge is 0.271 e. The van der Waals surface area contributed by atoms with Gasteiger partial charge in [0.15, 0.2) is 9.84 Å². The van der Waals surface area contributed by atoms with Crippen LogP contribution in [0.2, 0.25) is 0 Å². The Morgan fingerprint density at radius 3 is 2.62 bits per heavy atom. The van der Waals surface area contributed by atoms with Crippen LogP contribution in [0.4, 0.5) is 0 Å². The molecule has 2 atom stereocenters. The molecule has 3 N–H and O–H groups in total. The second kappa shape index (κ2) is 5.80. The number of sulfone groups is 1. The van der Waals surface area contributed by atoms with Crippen molar-refractivity contribution in [2.45, 2.75) is 50.3 Å². The van der Waals surface area contributed by atoms with Crippen molar-refractivity contribution in [3.05, 3.63) is 11.6 Å². The first-order chi connectivity index (χ1) is 7.46. The van der Waals surface area contributed by atoms with Crippen LogP contribution in [-0.4, -0.2) is 26.0 Å². The van der Waals surface area contributed by atoms with Gasteiger partial charge in [0.1, 0.15) is 0 Å². The average molecular weight is 246 g/mol. The molecule has 5 heteroatoms. The molecule has 0 bridgehead atoms. The van der Waals surface area contributed by atoms with Gasteiger partial charge in [0, 0.05) is 6.26 Å². The topological polar surface area (TPSA) is 72.2 Å². The Balaban J connectivity index is 2.84. The van der Waals surface area contributed by atoms with Gasteiger partial charge in [-0.25, -0.2) is 8.42 Å². The van der Waals surface area contributed by atoms with E-state index in [-0.39, 0.29) is 6.04 Å². The molecule has 0 aliphatic heterocycles. The van der Waals surface area contributed by atoms with E-state index < -0.39 is 15.1 Å². The first-order valence-electron chi connectivity index (χ1n) is 5.80. The molecule has 0 radical (unpaired) electrons. The minimum atomic E-state index is -3.06. The molecular weight excluding hydrogens is 224 g/mol. The summed E-state index contributed by atoms with van der Waals surface area (Å²) in [6.07, 6.45) is 8.93. The summed E-state index contributed by atoms with van der Waals surface area (Å²) in [5.41, 5.74) is 3.81. The van der Waals surface area contributed by atoms with Crippen molar-refractivity contribution in [3.63, 3.8) is 0 Å². The zero-order chi connectivity index (χ0) is 12.2. The summed E-state index contributed by atoms with van der Waals surface area (Å²) in [6.45, 7) is 1.71. The molecule has 0 fully saturated rings. The van der Waals surface area contributed by atoms with Crippen LogP contribution in [0.5, 0.6) is 0 Å². The standard InChI is InChI=1S/C11H22N2O2S/c1-9(16(2,14)15)11(13-12)10-7-5-3-4-6-8-10/h7,9,11,13H,3-6,8,12H2,1-2H3. The maximum Gasteiger partial charge on any atom is 0.151 e. The van der Waals surface area contributed by atoms with Crippen molar-refractivity contribution in [2.75, 3.05) is 6.26 Å². The smallest absolute Gasteiger partial charge is 0.151 e. The van der Waals surface area contributed by atoms with Crippen molar-refractivity contribution in [2.24, 2.45) is 5.84 Å². The van der Waals surface area contributed by atoms with Crippen LogP contribution in [-0.2, 0) is 9.84 Å². The molecule has 0 spiro atoms. The second-order valence-corrected chi connectivity index (χ2v) is 6.96. The molecule has 0 aromatic heterocycles. The Hall–Kier alpha value is -0.390. The van der Waals surface area contributed by atoms with E-state index in [9.17, 15) is 8.42 Å². The average Bonchev–Trinajstić information content (AvgIpc) is 2.46. The second-order valence-electron chi connectivity index (χ2n) is 4.56. The van der Waals surface area contributed by atoms with Gasteiger partial charge in [0.05, 0.1) is 11.3 Å². The van der Waals surface area contributed by atoms with E-state index in [0.29, 0.717) is 0 Å². The van der Waals surface area contributed by atoms with E-state index in [0.717, 1.165) is 24.8 Å². The van der Waals surface area contributed by atoms with E-state index in [4.69, 9.17) is 5.84 Å². The van der Waals surface area contributed by atoms with Crippen molar-refractivity contribution in [3.8, 4) is 0 Å². The van der Waals surface area contributed by atoms with Crippen LogP contribution in [0.25, 0.3) is 0 Å². The lowest BCUT2D eigenvalue weighted by Gasteiger charge is -2.24. The minimum Gasteiger partial charge on any atom is -0.271 e. The summed E-state index contributed by atoms with van der Waals surface area (Å²) in [7, 11) is -3.06. The third-order valence-corrected chi connectivity index (χ3v) is 4.92. The third-order valence-electron chi connectivity index (χ3n) is 3.30. The molecule has 94 valence electrons. The van der Waals surface area contributed by atoms with Gasteiger partial charge in [0.2, 0.25) is 0 Å². The summed E-state index contributed by atoms with van der Waals surface area (Å²) >= 11 is 0. The molecule has 1 aliphatic rings. The van der Waals surface area contributed by atoms with Crippen LogP contribution in [0.1, 0.15) is 39.0 Å². The maximum absolute atomic E-state index is 11.5. The van der Waals surface area contributed by atoms with E-state index in [1.165, 1.54) is 19.1 Å². The van der Waals surface area contributed by atoms with Crippen molar-refractivity contribution >= 4 is 9.84 Å². The summed E-state index contributed by atoms with van der Waals surface area (Å²) in [4.78, 5) is 0. The third kappa shape index (κ3) is 3.57. The molecule has 0 saturated carbocycles.